The molecule has 0 atom stereocenters. The van der Waals surface area contributed by atoms with Gasteiger partial charge < -0.3 is 5.32 Å². The molecule has 0 bridgehead atoms. The van der Waals surface area contributed by atoms with E-state index in [0.29, 0.717) is 16.4 Å². The van der Waals surface area contributed by atoms with Crippen molar-refractivity contribution < 1.29 is 13.2 Å². The molecule has 144 valence electrons. The average Bonchev–Trinajstić information content (AvgIpc) is 2.64. The van der Waals surface area contributed by atoms with Crippen molar-refractivity contribution in [3.05, 3.63) is 88.4 Å². The summed E-state index contributed by atoms with van der Waals surface area (Å²) in [5, 5.41) is 3.26. The van der Waals surface area contributed by atoms with E-state index in [1.807, 2.05) is 19.9 Å². The largest absolute Gasteiger partial charge is 0.322 e. The number of benzene rings is 3. The van der Waals surface area contributed by atoms with Crippen LogP contribution in [0.25, 0.3) is 0 Å². The molecule has 28 heavy (non-hydrogen) atoms. The number of rotatable bonds is 5. The number of carbonyl (C=O) groups is 1. The summed E-state index contributed by atoms with van der Waals surface area (Å²) < 4.78 is 27.9. The van der Waals surface area contributed by atoms with Crippen LogP contribution in [-0.4, -0.2) is 14.3 Å². The molecule has 0 fully saturated rings. The Morgan fingerprint density at radius 1 is 0.929 bits per heavy atom. The van der Waals surface area contributed by atoms with Gasteiger partial charge in [0.25, 0.3) is 15.9 Å². The highest BCUT2D eigenvalue weighted by atomic mass is 35.5. The Bertz CT molecular complexity index is 1140. The lowest BCUT2D eigenvalue weighted by molar-refractivity contribution is 0.102. The predicted octanol–water partition coefficient (Wildman–Crippen LogP) is 5.01. The average molecular weight is 415 g/mol. The molecular weight excluding hydrogens is 396 g/mol. The summed E-state index contributed by atoms with van der Waals surface area (Å²) in [6.07, 6.45) is 0. The second-order valence-corrected chi connectivity index (χ2v) is 8.54. The van der Waals surface area contributed by atoms with Gasteiger partial charge in [0.2, 0.25) is 0 Å². The van der Waals surface area contributed by atoms with E-state index in [0.717, 1.165) is 11.1 Å². The zero-order valence-electron chi connectivity index (χ0n) is 15.4. The molecule has 0 saturated heterocycles. The third kappa shape index (κ3) is 4.71. The van der Waals surface area contributed by atoms with Crippen molar-refractivity contribution in [2.75, 3.05) is 10.0 Å². The van der Waals surface area contributed by atoms with Crippen molar-refractivity contribution in [2.45, 2.75) is 18.7 Å². The Balaban J connectivity index is 1.85. The molecule has 7 heteroatoms. The quantitative estimate of drug-likeness (QED) is 0.616. The minimum atomic E-state index is -3.82. The summed E-state index contributed by atoms with van der Waals surface area (Å²) in [4.78, 5) is 12.6. The highest BCUT2D eigenvalue weighted by Gasteiger charge is 2.17. The van der Waals surface area contributed by atoms with Crippen LogP contribution in [0, 0.1) is 13.8 Å². The molecule has 0 saturated carbocycles. The molecule has 0 aliphatic rings. The van der Waals surface area contributed by atoms with E-state index in [9.17, 15) is 13.2 Å². The van der Waals surface area contributed by atoms with Crippen molar-refractivity contribution in [3.63, 3.8) is 0 Å². The fraction of sp³-hybridized carbons (Fsp3) is 0.0952. The highest BCUT2D eigenvalue weighted by Crippen LogP contribution is 2.22. The van der Waals surface area contributed by atoms with E-state index >= 15 is 0 Å². The van der Waals surface area contributed by atoms with Crippen LogP contribution in [0.1, 0.15) is 21.5 Å². The van der Waals surface area contributed by atoms with E-state index in [2.05, 4.69) is 10.0 Å². The van der Waals surface area contributed by atoms with Gasteiger partial charge >= 0.3 is 0 Å². The third-order valence-corrected chi connectivity index (χ3v) is 5.74. The van der Waals surface area contributed by atoms with Crippen LogP contribution in [0.2, 0.25) is 5.02 Å². The molecule has 0 aliphatic heterocycles. The maximum atomic E-state index is 12.7. The Hall–Kier alpha value is -2.83. The minimum absolute atomic E-state index is 0.00414. The zero-order chi connectivity index (χ0) is 20.3. The number of anilines is 2. The number of halogens is 1. The molecule has 1 amide bonds. The van der Waals surface area contributed by atoms with Crippen LogP contribution in [0.3, 0.4) is 0 Å². The molecule has 0 heterocycles. The second-order valence-electron chi connectivity index (χ2n) is 6.42. The first-order chi connectivity index (χ1) is 13.2. The summed E-state index contributed by atoms with van der Waals surface area (Å²) in [7, 11) is -3.82. The summed E-state index contributed by atoms with van der Waals surface area (Å²) >= 11 is 5.98. The van der Waals surface area contributed by atoms with Crippen LogP contribution in [0.5, 0.6) is 0 Å². The van der Waals surface area contributed by atoms with Gasteiger partial charge in [-0.05, 0) is 67.4 Å². The van der Waals surface area contributed by atoms with E-state index in [1.54, 1.807) is 42.5 Å². The summed E-state index contributed by atoms with van der Waals surface area (Å²) in [6.45, 7) is 3.72. The van der Waals surface area contributed by atoms with E-state index in [1.165, 1.54) is 18.2 Å². The number of hydrogen-bond acceptors (Lipinski definition) is 3. The number of amides is 1. The molecule has 0 spiro atoms. The molecule has 0 aliphatic carbocycles. The molecule has 3 aromatic carbocycles. The number of aryl methyl sites for hydroxylation is 2. The van der Waals surface area contributed by atoms with E-state index < -0.39 is 15.9 Å². The molecule has 5 nitrogen and oxygen atoms in total. The molecule has 2 N–H and O–H groups in total. The Morgan fingerprint density at radius 2 is 1.68 bits per heavy atom. The third-order valence-electron chi connectivity index (χ3n) is 4.12. The molecule has 0 unspecified atom stereocenters. The topological polar surface area (TPSA) is 75.3 Å². The standard InChI is InChI=1S/C21H19ClN2O3S/c1-14-5-3-7-18(11-14)24-28(26,27)19-8-4-6-16(12-19)21(25)23-20-13-17(22)10-9-15(20)2/h3-13,24H,1-2H3,(H,23,25). The summed E-state index contributed by atoms with van der Waals surface area (Å²) in [5.74, 6) is -0.419. The SMILES string of the molecule is Cc1cccc(NS(=O)(=O)c2cccc(C(=O)Nc3cc(Cl)ccc3C)c2)c1. The number of sulfonamides is 1. The van der Waals surface area contributed by atoms with Gasteiger partial charge in [0, 0.05) is 22.0 Å². The van der Waals surface area contributed by atoms with Crippen molar-refractivity contribution >= 4 is 38.9 Å². The predicted molar refractivity (Wildman–Crippen MR) is 113 cm³/mol. The minimum Gasteiger partial charge on any atom is -0.322 e. The number of nitrogens with one attached hydrogen (secondary N) is 2. The number of hydrogen-bond donors (Lipinski definition) is 2. The Morgan fingerprint density at radius 3 is 2.43 bits per heavy atom. The maximum Gasteiger partial charge on any atom is 0.261 e. The second kappa shape index (κ2) is 8.04. The smallest absolute Gasteiger partial charge is 0.261 e. The lowest BCUT2D eigenvalue weighted by atomic mass is 10.1. The number of carbonyl (C=O) groups excluding carboxylic acids is 1. The lowest BCUT2D eigenvalue weighted by Crippen LogP contribution is -2.16. The van der Waals surface area contributed by atoms with Gasteiger partial charge in [0.1, 0.15) is 0 Å². The normalized spacial score (nSPS) is 11.1. The van der Waals surface area contributed by atoms with Crippen molar-refractivity contribution in [2.24, 2.45) is 0 Å². The monoisotopic (exact) mass is 414 g/mol. The Labute approximate surface area is 169 Å². The van der Waals surface area contributed by atoms with Crippen LogP contribution < -0.4 is 10.0 Å². The summed E-state index contributed by atoms with van der Waals surface area (Å²) in [6, 6.07) is 18.1. The van der Waals surface area contributed by atoms with E-state index in [-0.39, 0.29) is 10.5 Å². The van der Waals surface area contributed by atoms with Gasteiger partial charge in [0.05, 0.1) is 4.90 Å². The van der Waals surface area contributed by atoms with Crippen molar-refractivity contribution in [1.29, 1.82) is 0 Å². The van der Waals surface area contributed by atoms with Crippen LogP contribution in [0.15, 0.2) is 71.6 Å². The Kier molecular flexibility index (Phi) is 5.72. The van der Waals surface area contributed by atoms with Gasteiger partial charge in [-0.2, -0.15) is 0 Å². The fourth-order valence-corrected chi connectivity index (χ4v) is 3.92. The molecule has 3 rings (SSSR count). The van der Waals surface area contributed by atoms with Crippen molar-refractivity contribution in [3.8, 4) is 0 Å². The van der Waals surface area contributed by atoms with Gasteiger partial charge in [-0.15, -0.1) is 0 Å². The first-order valence-corrected chi connectivity index (χ1v) is 10.4. The van der Waals surface area contributed by atoms with Crippen molar-refractivity contribution in [1.82, 2.24) is 0 Å². The van der Waals surface area contributed by atoms with Crippen LogP contribution in [-0.2, 0) is 10.0 Å². The lowest BCUT2D eigenvalue weighted by Gasteiger charge is -2.11. The highest BCUT2D eigenvalue weighted by molar-refractivity contribution is 7.92. The van der Waals surface area contributed by atoms with Crippen LogP contribution in [0.4, 0.5) is 11.4 Å². The van der Waals surface area contributed by atoms with Gasteiger partial charge in [-0.3, -0.25) is 9.52 Å². The molecular formula is C21H19ClN2O3S. The van der Waals surface area contributed by atoms with Gasteiger partial charge in [-0.25, -0.2) is 8.42 Å². The molecule has 3 aromatic rings. The van der Waals surface area contributed by atoms with Crippen LogP contribution >= 0.6 is 11.6 Å². The molecule has 0 radical (unpaired) electrons. The zero-order valence-corrected chi connectivity index (χ0v) is 16.9. The summed E-state index contributed by atoms with van der Waals surface area (Å²) in [5.41, 5.74) is 3.05. The fourth-order valence-electron chi connectivity index (χ4n) is 2.65. The molecule has 0 aromatic heterocycles. The van der Waals surface area contributed by atoms with E-state index in [4.69, 9.17) is 11.6 Å². The van der Waals surface area contributed by atoms with Gasteiger partial charge in [-0.1, -0.05) is 35.9 Å². The first-order valence-electron chi connectivity index (χ1n) is 8.52. The van der Waals surface area contributed by atoms with Gasteiger partial charge in [0.15, 0.2) is 0 Å². The first kappa shape index (κ1) is 19.9. The maximum absolute atomic E-state index is 12.7.